The van der Waals surface area contributed by atoms with Crippen molar-refractivity contribution in [2.24, 2.45) is 0 Å². The fraction of sp³-hybridized carbons (Fsp3) is 0.409. The van der Waals surface area contributed by atoms with Crippen LogP contribution in [-0.4, -0.2) is 63.4 Å². The summed E-state index contributed by atoms with van der Waals surface area (Å²) in [5.74, 6) is 0.713. The average Bonchev–Trinajstić information content (AvgIpc) is 2.73. The lowest BCUT2D eigenvalue weighted by atomic mass is 10.1. The average molecular weight is 403 g/mol. The zero-order chi connectivity index (χ0) is 20.8. The van der Waals surface area contributed by atoms with Gasteiger partial charge in [-0.15, -0.1) is 0 Å². The topological polar surface area (TPSA) is 63.4 Å². The van der Waals surface area contributed by atoms with Crippen LogP contribution in [0.1, 0.15) is 17.3 Å². The fourth-order valence-electron chi connectivity index (χ4n) is 3.52. The number of halogens is 1. The number of aliphatic hydroxyl groups is 1. The van der Waals surface area contributed by atoms with Crippen LogP contribution < -0.4 is 19.3 Å². The molecule has 0 spiro atoms. The van der Waals surface area contributed by atoms with Gasteiger partial charge in [0.15, 0.2) is 17.3 Å². The molecule has 1 fully saturated rings. The zero-order valence-electron chi connectivity index (χ0n) is 16.9. The molecule has 0 amide bonds. The molecule has 0 unspecified atom stereocenters. The number of methoxy groups -OCH3 is 1. The molecule has 0 radical (unpaired) electrons. The second-order valence-electron chi connectivity index (χ2n) is 7.30. The normalized spacial score (nSPS) is 15.8. The summed E-state index contributed by atoms with van der Waals surface area (Å²) in [5, 5.41) is 10.4. The number of benzene rings is 2. The van der Waals surface area contributed by atoms with Crippen molar-refractivity contribution in [3.63, 3.8) is 0 Å². The number of Topliss-reactive ketones (excluding diaryl/α,β-unsaturated/α-hetero) is 1. The highest BCUT2D eigenvalue weighted by atomic mass is 19.1. The first-order valence-corrected chi connectivity index (χ1v) is 9.80. The Morgan fingerprint density at radius 3 is 2.48 bits per heavy atom. The maximum absolute atomic E-state index is 13.1. The van der Waals surface area contributed by atoms with Crippen molar-refractivity contribution in [1.29, 1.82) is 0 Å². The van der Waals surface area contributed by atoms with Gasteiger partial charge >= 0.3 is 0 Å². The van der Waals surface area contributed by atoms with Crippen LogP contribution in [0.3, 0.4) is 0 Å². The van der Waals surface area contributed by atoms with Crippen molar-refractivity contribution >= 4 is 11.5 Å². The summed E-state index contributed by atoms with van der Waals surface area (Å²) in [7, 11) is 1.52. The largest absolute Gasteiger partial charge is 0.493 e. The van der Waals surface area contributed by atoms with Gasteiger partial charge in [0, 0.05) is 11.3 Å². The van der Waals surface area contributed by atoms with E-state index in [0.29, 0.717) is 23.6 Å². The van der Waals surface area contributed by atoms with Crippen LogP contribution in [0, 0.1) is 5.82 Å². The highest BCUT2D eigenvalue weighted by Gasteiger charge is 2.23. The van der Waals surface area contributed by atoms with Crippen molar-refractivity contribution in [2.75, 3.05) is 51.3 Å². The second-order valence-corrected chi connectivity index (χ2v) is 7.30. The summed E-state index contributed by atoms with van der Waals surface area (Å²) < 4.78 is 24.1. The third-order valence-corrected chi connectivity index (χ3v) is 5.19. The number of carbonyl (C=O) groups is 1. The number of hydrogen-bond donors (Lipinski definition) is 2. The number of hydrogen-bond acceptors (Lipinski definition) is 5. The van der Waals surface area contributed by atoms with E-state index in [4.69, 9.17) is 9.47 Å². The standard InChI is InChI=1S/C22H27FN2O4/c1-16(26)17-3-8-21(22(13-17)28-2)29-15-20(27)14-24-9-11-25(12-10-24)19-6-4-18(23)5-7-19/h3-8,13,20,27H,9-12,14-15H2,1-2H3/p+1/t20-/m1/s1. The van der Waals surface area contributed by atoms with Crippen LogP contribution in [0.2, 0.25) is 0 Å². The Bertz CT molecular complexity index is 820. The Morgan fingerprint density at radius 1 is 1.17 bits per heavy atom. The van der Waals surface area contributed by atoms with E-state index < -0.39 is 6.10 Å². The number of piperazine rings is 1. The molecule has 6 nitrogen and oxygen atoms in total. The quantitative estimate of drug-likeness (QED) is 0.649. The summed E-state index contributed by atoms with van der Waals surface area (Å²) in [5.41, 5.74) is 1.58. The molecule has 1 aliphatic rings. The fourth-order valence-corrected chi connectivity index (χ4v) is 3.52. The Balaban J connectivity index is 1.46. The van der Waals surface area contributed by atoms with E-state index in [1.54, 1.807) is 30.3 Å². The van der Waals surface area contributed by atoms with Crippen LogP contribution in [0.5, 0.6) is 11.5 Å². The predicted octanol–water partition coefficient (Wildman–Crippen LogP) is 1.18. The smallest absolute Gasteiger partial charge is 0.161 e. The minimum Gasteiger partial charge on any atom is -0.493 e. The zero-order valence-corrected chi connectivity index (χ0v) is 16.9. The molecule has 29 heavy (non-hydrogen) atoms. The highest BCUT2D eigenvalue weighted by molar-refractivity contribution is 5.94. The lowest BCUT2D eigenvalue weighted by molar-refractivity contribution is -0.903. The van der Waals surface area contributed by atoms with Crippen molar-refractivity contribution in [3.05, 3.63) is 53.8 Å². The van der Waals surface area contributed by atoms with Crippen molar-refractivity contribution < 1.29 is 28.7 Å². The van der Waals surface area contributed by atoms with E-state index in [1.165, 1.54) is 31.1 Å². The molecule has 1 aliphatic heterocycles. The summed E-state index contributed by atoms with van der Waals surface area (Å²) >= 11 is 0. The molecule has 0 aliphatic carbocycles. The Morgan fingerprint density at radius 2 is 1.86 bits per heavy atom. The first-order chi connectivity index (χ1) is 14.0. The van der Waals surface area contributed by atoms with Crippen LogP contribution in [0.4, 0.5) is 10.1 Å². The van der Waals surface area contributed by atoms with Gasteiger partial charge in [-0.2, -0.15) is 0 Å². The first-order valence-electron chi connectivity index (χ1n) is 9.80. The van der Waals surface area contributed by atoms with Gasteiger partial charge in [0.1, 0.15) is 25.1 Å². The molecule has 1 atom stereocenters. The molecule has 2 aromatic rings. The second kappa shape index (κ2) is 9.71. The molecular weight excluding hydrogens is 375 g/mol. The minimum atomic E-state index is -0.612. The molecule has 156 valence electrons. The van der Waals surface area contributed by atoms with Crippen LogP contribution in [-0.2, 0) is 0 Å². The van der Waals surface area contributed by atoms with Gasteiger partial charge in [0.25, 0.3) is 0 Å². The molecule has 3 rings (SSSR count). The molecule has 2 N–H and O–H groups in total. The highest BCUT2D eigenvalue weighted by Crippen LogP contribution is 2.28. The molecule has 0 saturated carbocycles. The van der Waals surface area contributed by atoms with Crippen LogP contribution >= 0.6 is 0 Å². The van der Waals surface area contributed by atoms with Crippen LogP contribution in [0.15, 0.2) is 42.5 Å². The molecule has 0 bridgehead atoms. The Hall–Kier alpha value is -2.64. The van der Waals surface area contributed by atoms with Crippen LogP contribution in [0.25, 0.3) is 0 Å². The van der Waals surface area contributed by atoms with E-state index in [0.717, 1.165) is 31.9 Å². The van der Waals surface area contributed by atoms with Gasteiger partial charge < -0.3 is 24.4 Å². The minimum absolute atomic E-state index is 0.0433. The van der Waals surface area contributed by atoms with Gasteiger partial charge in [-0.1, -0.05) is 0 Å². The molecule has 2 aromatic carbocycles. The van der Waals surface area contributed by atoms with E-state index in [-0.39, 0.29) is 18.2 Å². The summed E-state index contributed by atoms with van der Waals surface area (Å²) in [4.78, 5) is 15.0. The lowest BCUT2D eigenvalue weighted by Crippen LogP contribution is -3.16. The van der Waals surface area contributed by atoms with Crippen molar-refractivity contribution in [3.8, 4) is 11.5 Å². The molecular formula is C22H28FN2O4+. The van der Waals surface area contributed by atoms with Gasteiger partial charge in [0.2, 0.25) is 0 Å². The number of rotatable bonds is 8. The number of ketones is 1. The monoisotopic (exact) mass is 403 g/mol. The Labute approximate surface area is 170 Å². The van der Waals surface area contributed by atoms with E-state index in [1.807, 2.05) is 0 Å². The Kier molecular flexibility index (Phi) is 7.06. The molecule has 0 aromatic heterocycles. The number of anilines is 1. The molecule has 1 saturated heterocycles. The molecule has 1 heterocycles. The SMILES string of the molecule is COc1cc(C(C)=O)ccc1OC[C@H](O)C[NH+]1CCN(c2ccc(F)cc2)CC1. The maximum atomic E-state index is 13.1. The van der Waals surface area contributed by atoms with E-state index >= 15 is 0 Å². The number of quaternary nitrogens is 1. The lowest BCUT2D eigenvalue weighted by Gasteiger charge is -2.34. The maximum Gasteiger partial charge on any atom is 0.161 e. The summed E-state index contributed by atoms with van der Waals surface area (Å²) in [6.45, 7) is 5.74. The van der Waals surface area contributed by atoms with Gasteiger partial charge in [-0.05, 0) is 49.4 Å². The van der Waals surface area contributed by atoms with Gasteiger partial charge in [-0.25, -0.2) is 4.39 Å². The first kappa shape index (κ1) is 21.1. The van der Waals surface area contributed by atoms with Gasteiger partial charge in [0.05, 0.1) is 33.3 Å². The van der Waals surface area contributed by atoms with Crippen molar-refractivity contribution in [1.82, 2.24) is 0 Å². The number of aliphatic hydroxyl groups excluding tert-OH is 1. The molecule has 7 heteroatoms. The number of carbonyl (C=O) groups excluding carboxylic acids is 1. The predicted molar refractivity (Wildman–Crippen MR) is 109 cm³/mol. The van der Waals surface area contributed by atoms with Crippen molar-refractivity contribution in [2.45, 2.75) is 13.0 Å². The number of nitrogens with zero attached hydrogens (tertiary/aromatic N) is 1. The number of nitrogens with one attached hydrogen (secondary N) is 1. The third kappa shape index (κ3) is 5.68. The van der Waals surface area contributed by atoms with E-state index in [2.05, 4.69) is 4.90 Å². The summed E-state index contributed by atoms with van der Waals surface area (Å²) in [6.07, 6.45) is -0.612. The van der Waals surface area contributed by atoms with Gasteiger partial charge in [-0.3, -0.25) is 4.79 Å². The van der Waals surface area contributed by atoms with E-state index in [9.17, 15) is 14.3 Å². The number of ether oxygens (including phenoxy) is 2. The third-order valence-electron chi connectivity index (χ3n) is 5.19. The summed E-state index contributed by atoms with van der Waals surface area (Å²) in [6, 6.07) is 11.6.